The minimum Gasteiger partial charge on any atom is -0.494 e. The number of hydrogen-bond donors (Lipinski definition) is 1. The van der Waals surface area contributed by atoms with Crippen LogP contribution >= 0.6 is 23.1 Å². The number of thiophene rings is 1. The van der Waals surface area contributed by atoms with Crippen molar-refractivity contribution < 1.29 is 19.1 Å². The standard InChI is InChI=1S/C26H26N4O4S2/c1-5-34-19-13-11-18(12-14-19)23-28-29-26(30(23)3)35-15-20(31)27-24-22(25(32)33-4)21(16(2)36-24)17-9-7-6-8-10-17/h6-14H,5,15H2,1-4H3,(H,27,31). The van der Waals surface area contributed by atoms with Crippen molar-refractivity contribution in [3.8, 4) is 28.3 Å². The average molecular weight is 523 g/mol. The van der Waals surface area contributed by atoms with Gasteiger partial charge < -0.3 is 19.4 Å². The van der Waals surface area contributed by atoms with Crippen molar-refractivity contribution >= 4 is 40.0 Å². The lowest BCUT2D eigenvalue weighted by molar-refractivity contribution is -0.113. The van der Waals surface area contributed by atoms with Gasteiger partial charge in [-0.3, -0.25) is 4.79 Å². The second-order valence-corrected chi connectivity index (χ2v) is 9.92. The van der Waals surface area contributed by atoms with Crippen LogP contribution in [-0.2, 0) is 16.6 Å². The van der Waals surface area contributed by atoms with Crippen LogP contribution in [0.1, 0.15) is 22.2 Å². The molecule has 2 aromatic carbocycles. The van der Waals surface area contributed by atoms with E-state index < -0.39 is 5.97 Å². The maximum absolute atomic E-state index is 12.8. The minimum atomic E-state index is -0.491. The predicted octanol–water partition coefficient (Wildman–Crippen LogP) is 5.44. The maximum Gasteiger partial charge on any atom is 0.341 e. The zero-order valence-corrected chi connectivity index (χ0v) is 22.0. The van der Waals surface area contributed by atoms with Gasteiger partial charge in [0.15, 0.2) is 11.0 Å². The molecule has 8 nitrogen and oxygen atoms in total. The molecule has 186 valence electrons. The van der Waals surface area contributed by atoms with Gasteiger partial charge in [-0.05, 0) is 43.7 Å². The van der Waals surface area contributed by atoms with Crippen molar-refractivity contribution in [1.82, 2.24) is 14.8 Å². The minimum absolute atomic E-state index is 0.105. The summed E-state index contributed by atoms with van der Waals surface area (Å²) in [4.78, 5) is 26.4. The molecule has 36 heavy (non-hydrogen) atoms. The van der Waals surface area contributed by atoms with Crippen LogP contribution in [-0.4, -0.2) is 46.1 Å². The number of ether oxygens (including phenoxy) is 2. The number of rotatable bonds is 9. The molecule has 0 radical (unpaired) electrons. The molecular weight excluding hydrogens is 496 g/mol. The van der Waals surface area contributed by atoms with Crippen molar-refractivity contribution in [2.75, 3.05) is 24.8 Å². The number of benzene rings is 2. The van der Waals surface area contributed by atoms with Crippen LogP contribution in [0.2, 0.25) is 0 Å². The number of thioether (sulfide) groups is 1. The first kappa shape index (κ1) is 25.5. The fourth-order valence-corrected chi connectivity index (χ4v) is 5.53. The highest BCUT2D eigenvalue weighted by molar-refractivity contribution is 7.99. The number of methoxy groups -OCH3 is 1. The highest BCUT2D eigenvalue weighted by Gasteiger charge is 2.25. The van der Waals surface area contributed by atoms with E-state index in [4.69, 9.17) is 9.47 Å². The van der Waals surface area contributed by atoms with Crippen LogP contribution in [0.25, 0.3) is 22.5 Å². The van der Waals surface area contributed by atoms with Crippen LogP contribution < -0.4 is 10.1 Å². The number of esters is 1. The molecule has 0 fully saturated rings. The Morgan fingerprint density at radius 1 is 1.06 bits per heavy atom. The van der Waals surface area contributed by atoms with Crippen molar-refractivity contribution in [3.63, 3.8) is 0 Å². The summed E-state index contributed by atoms with van der Waals surface area (Å²) in [7, 11) is 3.19. The number of anilines is 1. The van der Waals surface area contributed by atoms with Gasteiger partial charge in [0.25, 0.3) is 0 Å². The largest absolute Gasteiger partial charge is 0.494 e. The Morgan fingerprint density at radius 3 is 2.44 bits per heavy atom. The van der Waals surface area contributed by atoms with Crippen molar-refractivity contribution in [2.45, 2.75) is 19.0 Å². The molecule has 0 aliphatic rings. The molecule has 0 unspecified atom stereocenters. The number of hydrogen-bond acceptors (Lipinski definition) is 8. The molecule has 1 amide bonds. The first-order valence-corrected chi connectivity index (χ1v) is 13.1. The molecule has 4 rings (SSSR count). The third-order valence-corrected chi connectivity index (χ3v) is 7.42. The molecule has 2 heterocycles. The molecule has 0 spiro atoms. The van der Waals surface area contributed by atoms with E-state index in [1.165, 1.54) is 30.2 Å². The highest BCUT2D eigenvalue weighted by Crippen LogP contribution is 2.40. The van der Waals surface area contributed by atoms with Crippen LogP contribution in [0.3, 0.4) is 0 Å². The van der Waals surface area contributed by atoms with E-state index in [2.05, 4.69) is 15.5 Å². The van der Waals surface area contributed by atoms with Gasteiger partial charge in [0.1, 0.15) is 16.3 Å². The molecule has 0 aliphatic heterocycles. The van der Waals surface area contributed by atoms with Gasteiger partial charge in [-0.15, -0.1) is 21.5 Å². The topological polar surface area (TPSA) is 95.3 Å². The number of carbonyl (C=O) groups excluding carboxylic acids is 2. The van der Waals surface area contributed by atoms with E-state index in [9.17, 15) is 9.59 Å². The third kappa shape index (κ3) is 5.44. The van der Waals surface area contributed by atoms with E-state index in [0.717, 1.165) is 27.3 Å². The van der Waals surface area contributed by atoms with Gasteiger partial charge in [-0.1, -0.05) is 42.1 Å². The molecule has 0 aliphatic carbocycles. The molecule has 10 heteroatoms. The lowest BCUT2D eigenvalue weighted by Crippen LogP contribution is -2.16. The van der Waals surface area contributed by atoms with E-state index >= 15 is 0 Å². The predicted molar refractivity (Wildman–Crippen MR) is 143 cm³/mol. The molecule has 0 saturated carbocycles. The molecule has 4 aromatic rings. The lowest BCUT2D eigenvalue weighted by Gasteiger charge is -2.08. The first-order chi connectivity index (χ1) is 17.4. The summed E-state index contributed by atoms with van der Waals surface area (Å²) in [5.74, 6) is 0.842. The van der Waals surface area contributed by atoms with Gasteiger partial charge in [0.2, 0.25) is 5.91 Å². The summed E-state index contributed by atoms with van der Waals surface area (Å²) in [6, 6.07) is 17.2. The summed E-state index contributed by atoms with van der Waals surface area (Å²) < 4.78 is 12.4. The number of nitrogens with zero attached hydrogens (tertiary/aromatic N) is 3. The normalized spacial score (nSPS) is 10.8. The smallest absolute Gasteiger partial charge is 0.341 e. The van der Waals surface area contributed by atoms with Gasteiger partial charge in [0, 0.05) is 23.1 Å². The van der Waals surface area contributed by atoms with Crippen LogP contribution in [0.4, 0.5) is 5.00 Å². The third-order valence-electron chi connectivity index (χ3n) is 5.38. The maximum atomic E-state index is 12.8. The van der Waals surface area contributed by atoms with Crippen molar-refractivity contribution in [2.24, 2.45) is 7.05 Å². The summed E-state index contributed by atoms with van der Waals surface area (Å²) >= 11 is 2.62. The SMILES string of the molecule is CCOc1ccc(-c2nnc(SCC(=O)Nc3sc(C)c(-c4ccccc4)c3C(=O)OC)n2C)cc1. The first-order valence-electron chi connectivity index (χ1n) is 11.2. The zero-order valence-electron chi connectivity index (χ0n) is 20.4. The Morgan fingerprint density at radius 2 is 1.78 bits per heavy atom. The average Bonchev–Trinajstić information content (AvgIpc) is 3.42. The number of aryl methyl sites for hydroxylation is 1. The molecular formula is C26H26N4O4S2. The van der Waals surface area contributed by atoms with E-state index in [-0.39, 0.29) is 11.7 Å². The Kier molecular flexibility index (Phi) is 8.07. The fourth-order valence-electron chi connectivity index (χ4n) is 3.73. The zero-order chi connectivity index (χ0) is 25.7. The summed E-state index contributed by atoms with van der Waals surface area (Å²) in [5, 5.41) is 12.5. The van der Waals surface area contributed by atoms with Gasteiger partial charge in [-0.25, -0.2) is 4.79 Å². The highest BCUT2D eigenvalue weighted by atomic mass is 32.2. The number of carbonyl (C=O) groups is 2. The van der Waals surface area contributed by atoms with Gasteiger partial charge in [-0.2, -0.15) is 0 Å². The summed E-state index contributed by atoms with van der Waals surface area (Å²) in [5.41, 5.74) is 2.92. The van der Waals surface area contributed by atoms with E-state index in [0.29, 0.717) is 28.2 Å². The number of nitrogens with one attached hydrogen (secondary N) is 1. The Balaban J connectivity index is 1.48. The molecule has 2 aromatic heterocycles. The molecule has 1 N–H and O–H groups in total. The van der Waals surface area contributed by atoms with E-state index in [1.54, 1.807) is 0 Å². The molecule has 0 atom stereocenters. The quantitative estimate of drug-likeness (QED) is 0.231. The molecule has 0 bridgehead atoms. The Labute approximate surface area is 217 Å². The Bertz CT molecular complexity index is 1360. The van der Waals surface area contributed by atoms with Crippen LogP contribution in [0, 0.1) is 6.92 Å². The van der Waals surface area contributed by atoms with Gasteiger partial charge in [0.05, 0.1) is 19.5 Å². The molecule has 0 saturated heterocycles. The summed E-state index contributed by atoms with van der Waals surface area (Å²) in [6.07, 6.45) is 0. The second kappa shape index (κ2) is 11.4. The van der Waals surface area contributed by atoms with Crippen molar-refractivity contribution in [1.29, 1.82) is 0 Å². The van der Waals surface area contributed by atoms with Crippen LogP contribution in [0.15, 0.2) is 59.8 Å². The van der Waals surface area contributed by atoms with E-state index in [1.807, 2.05) is 80.1 Å². The summed E-state index contributed by atoms with van der Waals surface area (Å²) in [6.45, 7) is 4.46. The van der Waals surface area contributed by atoms with Gasteiger partial charge >= 0.3 is 5.97 Å². The Hall–Kier alpha value is -3.63. The number of aromatic nitrogens is 3. The lowest BCUT2D eigenvalue weighted by atomic mass is 10.0. The fraction of sp³-hybridized carbons (Fsp3) is 0.231. The van der Waals surface area contributed by atoms with Crippen molar-refractivity contribution in [3.05, 3.63) is 65.0 Å². The number of amides is 1. The second-order valence-electron chi connectivity index (χ2n) is 7.75. The monoisotopic (exact) mass is 522 g/mol. The van der Waals surface area contributed by atoms with Crippen LogP contribution in [0.5, 0.6) is 5.75 Å².